The molecule has 1 rings (SSSR count). The van der Waals surface area contributed by atoms with Gasteiger partial charge in [-0.05, 0) is 0 Å². The molecule has 1 aromatic rings. The zero-order chi connectivity index (χ0) is 8.48. The fraction of sp³-hybridized carbons (Fsp3) is 0.400. The second-order valence-corrected chi connectivity index (χ2v) is 5.77. The first kappa shape index (κ1) is 9.11. The van der Waals surface area contributed by atoms with Crippen LogP contribution in [-0.2, 0) is 5.41 Å². The standard InChI is InChI=1S/C10H13.Sn.H/c1-10(2,3)9-7-5-4-6-8-9;;/h5-8H,1-3H3;;. The van der Waals surface area contributed by atoms with Gasteiger partial charge in [0, 0.05) is 0 Å². The average molecular weight is 253 g/mol. The van der Waals surface area contributed by atoms with E-state index in [1.165, 1.54) is 31.7 Å². The molecule has 0 bridgehead atoms. The van der Waals surface area contributed by atoms with E-state index >= 15 is 0 Å². The van der Waals surface area contributed by atoms with Crippen LogP contribution in [0.4, 0.5) is 0 Å². The van der Waals surface area contributed by atoms with Crippen LogP contribution in [-0.4, -0.2) is 22.5 Å². The summed E-state index contributed by atoms with van der Waals surface area (Å²) >= 11 is 1.22. The van der Waals surface area contributed by atoms with Gasteiger partial charge in [-0.3, -0.25) is 0 Å². The fourth-order valence-electron chi connectivity index (χ4n) is 0.983. The van der Waals surface area contributed by atoms with Crippen molar-refractivity contribution in [1.29, 1.82) is 0 Å². The van der Waals surface area contributed by atoms with Gasteiger partial charge in [0.25, 0.3) is 0 Å². The Morgan fingerprint density at radius 2 is 1.45 bits per heavy atom. The third-order valence-electron chi connectivity index (χ3n) is 1.78. The summed E-state index contributed by atoms with van der Waals surface area (Å²) < 4.78 is 1.46. The minimum absolute atomic E-state index is 0.300. The Hall–Kier alpha value is 0.0187. The van der Waals surface area contributed by atoms with E-state index in [2.05, 4.69) is 45.0 Å². The molecule has 0 aliphatic rings. The Labute approximate surface area is 82.1 Å². The third kappa shape index (κ3) is 2.51. The summed E-state index contributed by atoms with van der Waals surface area (Å²) in [5.41, 5.74) is 1.73. The second-order valence-electron chi connectivity index (χ2n) is 3.87. The molecule has 11 heavy (non-hydrogen) atoms. The Kier molecular flexibility index (Phi) is 2.63. The van der Waals surface area contributed by atoms with Crippen LogP contribution in [0.1, 0.15) is 26.3 Å². The van der Waals surface area contributed by atoms with E-state index in [-0.39, 0.29) is 0 Å². The van der Waals surface area contributed by atoms with Gasteiger partial charge in [0.1, 0.15) is 0 Å². The van der Waals surface area contributed by atoms with E-state index in [4.69, 9.17) is 0 Å². The Balaban J connectivity index is 2.99. The van der Waals surface area contributed by atoms with Crippen LogP contribution in [0.15, 0.2) is 24.3 Å². The molecule has 0 fully saturated rings. The average Bonchev–Trinajstić information content (AvgIpc) is 1.86. The first-order chi connectivity index (χ1) is 5.00. The molecule has 58 valence electrons. The molecule has 1 aromatic carbocycles. The quantitative estimate of drug-likeness (QED) is 0.615. The number of hydrogen-bond acceptors (Lipinski definition) is 0. The van der Waals surface area contributed by atoms with Crippen LogP contribution in [0.5, 0.6) is 0 Å². The van der Waals surface area contributed by atoms with Crippen molar-refractivity contribution in [2.45, 2.75) is 26.2 Å². The first-order valence-electron chi connectivity index (χ1n) is 3.86. The number of rotatable bonds is 0. The molecular formula is C10H14Sn. The molecule has 1 heteroatoms. The summed E-state index contributed by atoms with van der Waals surface area (Å²) in [5.74, 6) is 0. The Morgan fingerprint density at radius 3 is 1.82 bits per heavy atom. The maximum absolute atomic E-state index is 2.24. The molecule has 0 N–H and O–H groups in total. The Bertz CT molecular complexity index is 228. The Morgan fingerprint density at radius 1 is 1.00 bits per heavy atom. The topological polar surface area (TPSA) is 0 Å². The van der Waals surface area contributed by atoms with Crippen LogP contribution >= 0.6 is 0 Å². The van der Waals surface area contributed by atoms with Gasteiger partial charge in [-0.2, -0.15) is 0 Å². The fourth-order valence-corrected chi connectivity index (χ4v) is 1.53. The summed E-state index contributed by atoms with van der Waals surface area (Å²) in [6, 6.07) is 8.92. The molecule has 0 aromatic heterocycles. The van der Waals surface area contributed by atoms with Gasteiger partial charge in [0.05, 0.1) is 0 Å². The molecule has 0 amide bonds. The van der Waals surface area contributed by atoms with Crippen LogP contribution in [0.3, 0.4) is 0 Å². The van der Waals surface area contributed by atoms with Crippen molar-refractivity contribution in [2.24, 2.45) is 0 Å². The van der Waals surface area contributed by atoms with Gasteiger partial charge < -0.3 is 0 Å². The van der Waals surface area contributed by atoms with Gasteiger partial charge in [0.2, 0.25) is 0 Å². The molecular weight excluding hydrogens is 239 g/mol. The maximum atomic E-state index is 2.24. The van der Waals surface area contributed by atoms with E-state index in [1.54, 1.807) is 0 Å². The monoisotopic (exact) mass is 254 g/mol. The zero-order valence-corrected chi connectivity index (χ0v) is 10.7. The van der Waals surface area contributed by atoms with Crippen LogP contribution in [0, 0.1) is 0 Å². The van der Waals surface area contributed by atoms with Gasteiger partial charge >= 0.3 is 82.1 Å². The summed E-state index contributed by atoms with van der Waals surface area (Å²) in [6.07, 6.45) is 0. The number of hydrogen-bond donors (Lipinski definition) is 0. The van der Waals surface area contributed by atoms with Gasteiger partial charge in [0.15, 0.2) is 0 Å². The first-order valence-corrected chi connectivity index (χ1v) is 5.51. The van der Waals surface area contributed by atoms with E-state index < -0.39 is 0 Å². The molecule has 2 radical (unpaired) electrons. The van der Waals surface area contributed by atoms with E-state index in [0.717, 1.165) is 0 Å². The summed E-state index contributed by atoms with van der Waals surface area (Å²) in [7, 11) is 0. The van der Waals surface area contributed by atoms with Crippen molar-refractivity contribution in [3.63, 3.8) is 0 Å². The van der Waals surface area contributed by atoms with Crippen LogP contribution in [0.25, 0.3) is 0 Å². The summed E-state index contributed by atoms with van der Waals surface area (Å²) in [5, 5.41) is 0. The van der Waals surface area contributed by atoms with Crippen molar-refractivity contribution in [2.75, 3.05) is 0 Å². The molecule has 0 aliphatic carbocycles. The van der Waals surface area contributed by atoms with Gasteiger partial charge in [-0.1, -0.05) is 0 Å². The molecule has 0 nitrogen and oxygen atoms in total. The van der Waals surface area contributed by atoms with Crippen molar-refractivity contribution < 1.29 is 0 Å². The van der Waals surface area contributed by atoms with Crippen LogP contribution in [0.2, 0.25) is 0 Å². The van der Waals surface area contributed by atoms with Crippen molar-refractivity contribution >= 4 is 26.1 Å². The number of benzene rings is 1. The van der Waals surface area contributed by atoms with Gasteiger partial charge in [-0.25, -0.2) is 0 Å². The van der Waals surface area contributed by atoms with Crippen molar-refractivity contribution in [3.8, 4) is 0 Å². The van der Waals surface area contributed by atoms with Crippen molar-refractivity contribution in [3.05, 3.63) is 29.8 Å². The molecule has 0 spiro atoms. The predicted molar refractivity (Wildman–Crippen MR) is 51.9 cm³/mol. The minimum atomic E-state index is 0.300. The molecule has 0 saturated carbocycles. The van der Waals surface area contributed by atoms with E-state index in [1.807, 2.05) is 0 Å². The SMILES string of the molecule is CC(C)(C)c1cc[c]([SnH])cc1. The second kappa shape index (κ2) is 3.18. The summed E-state index contributed by atoms with van der Waals surface area (Å²) in [6.45, 7) is 6.73. The van der Waals surface area contributed by atoms with E-state index in [0.29, 0.717) is 5.41 Å². The molecule has 0 heterocycles. The normalized spacial score (nSPS) is 11.6. The molecule has 0 atom stereocenters. The third-order valence-corrected chi connectivity index (χ3v) is 2.88. The van der Waals surface area contributed by atoms with Crippen LogP contribution < -0.4 is 3.58 Å². The van der Waals surface area contributed by atoms with Gasteiger partial charge in [-0.15, -0.1) is 0 Å². The summed E-state index contributed by atoms with van der Waals surface area (Å²) in [4.78, 5) is 0. The predicted octanol–water partition coefficient (Wildman–Crippen LogP) is 1.51. The molecule has 0 aliphatic heterocycles. The molecule has 0 saturated heterocycles. The molecule has 0 unspecified atom stereocenters. The van der Waals surface area contributed by atoms with Crippen molar-refractivity contribution in [1.82, 2.24) is 0 Å². The zero-order valence-electron chi connectivity index (χ0n) is 7.39. The van der Waals surface area contributed by atoms with E-state index in [9.17, 15) is 0 Å².